The van der Waals surface area contributed by atoms with Crippen LogP contribution in [-0.2, 0) is 6.54 Å². The third-order valence-corrected chi connectivity index (χ3v) is 2.62. The Morgan fingerprint density at radius 1 is 1.61 bits per heavy atom. The molecule has 5 nitrogen and oxygen atoms in total. The fraction of sp³-hybridized carbons (Fsp3) is 0.600. The number of amides is 1. The minimum absolute atomic E-state index is 0.0335. The van der Waals surface area contributed by atoms with Crippen molar-refractivity contribution >= 4 is 11.9 Å². The Balaban J connectivity index is 2.11. The summed E-state index contributed by atoms with van der Waals surface area (Å²) in [5, 5.41) is 2.98. The van der Waals surface area contributed by atoms with Gasteiger partial charge in [-0.05, 0) is 6.42 Å². The van der Waals surface area contributed by atoms with E-state index in [2.05, 4.69) is 10.3 Å². The van der Waals surface area contributed by atoms with Crippen molar-refractivity contribution in [2.24, 2.45) is 0 Å². The molecule has 2 rings (SSSR count). The number of hydrogen-bond donors (Lipinski definition) is 1. The van der Waals surface area contributed by atoms with E-state index in [-0.39, 0.29) is 5.69 Å². The molecule has 18 heavy (non-hydrogen) atoms. The summed E-state index contributed by atoms with van der Waals surface area (Å²) in [6, 6.07) is 0. The molecule has 2 heterocycles. The Bertz CT molecular complexity index is 431. The minimum Gasteiger partial charge on any atom is -0.356 e. The number of carbonyl (C=O) groups excluding carboxylic acids is 1. The van der Waals surface area contributed by atoms with E-state index in [0.717, 1.165) is 20.0 Å². The highest BCUT2D eigenvalue weighted by molar-refractivity contribution is 5.92. The van der Waals surface area contributed by atoms with Crippen molar-refractivity contribution in [3.8, 4) is 0 Å². The molecular formula is C10H13F3N4O. The van der Waals surface area contributed by atoms with Crippen molar-refractivity contribution in [1.82, 2.24) is 14.5 Å². The van der Waals surface area contributed by atoms with Crippen LogP contribution in [0.4, 0.5) is 19.1 Å². The molecular weight excluding hydrogens is 249 g/mol. The molecule has 0 bridgehead atoms. The van der Waals surface area contributed by atoms with Crippen LogP contribution in [0.5, 0.6) is 0 Å². The third-order valence-electron chi connectivity index (χ3n) is 2.62. The number of imidazole rings is 1. The number of anilines is 1. The number of halogens is 3. The predicted octanol–water partition coefficient (Wildman–Crippen LogP) is 1.33. The fourth-order valence-corrected chi connectivity index (χ4v) is 1.82. The van der Waals surface area contributed by atoms with Crippen LogP contribution in [0.15, 0.2) is 6.20 Å². The number of carbonyl (C=O) groups is 1. The van der Waals surface area contributed by atoms with Crippen LogP contribution in [0.3, 0.4) is 0 Å². The maximum Gasteiger partial charge on any atom is 0.406 e. The number of fused-ring (bicyclic) bond motifs is 1. The molecule has 8 heteroatoms. The SMILES string of the molecule is CN(CC(F)(F)F)C(=O)c1cn2c(n1)NCCC2. The normalized spacial score (nSPS) is 14.9. The Hall–Kier alpha value is -1.73. The van der Waals surface area contributed by atoms with Crippen molar-refractivity contribution < 1.29 is 18.0 Å². The number of aryl methyl sites for hydroxylation is 1. The Kier molecular flexibility index (Phi) is 3.18. The fourth-order valence-electron chi connectivity index (χ4n) is 1.82. The van der Waals surface area contributed by atoms with Gasteiger partial charge in [0.2, 0.25) is 5.95 Å². The van der Waals surface area contributed by atoms with Gasteiger partial charge in [-0.15, -0.1) is 0 Å². The molecule has 100 valence electrons. The zero-order valence-electron chi connectivity index (χ0n) is 9.79. The second kappa shape index (κ2) is 4.51. The van der Waals surface area contributed by atoms with E-state index in [1.165, 1.54) is 6.20 Å². The summed E-state index contributed by atoms with van der Waals surface area (Å²) in [6.45, 7) is 0.191. The highest BCUT2D eigenvalue weighted by Gasteiger charge is 2.32. The standard InChI is InChI=1S/C10H13F3N4O/c1-16(6-10(11,12)13)8(18)7-5-17-4-2-3-14-9(17)15-7/h5H,2-4,6H2,1H3,(H,14,15). The second-order valence-corrected chi connectivity index (χ2v) is 4.20. The van der Waals surface area contributed by atoms with Crippen LogP contribution in [0.1, 0.15) is 16.9 Å². The first-order valence-electron chi connectivity index (χ1n) is 5.50. The number of hydrogen-bond acceptors (Lipinski definition) is 3. The highest BCUT2D eigenvalue weighted by Crippen LogP contribution is 2.18. The molecule has 0 fully saturated rings. The van der Waals surface area contributed by atoms with Crippen LogP contribution >= 0.6 is 0 Å². The summed E-state index contributed by atoms with van der Waals surface area (Å²) < 4.78 is 38.3. The van der Waals surface area contributed by atoms with Crippen molar-refractivity contribution in [2.45, 2.75) is 19.1 Å². The molecule has 1 aliphatic rings. The molecule has 0 radical (unpaired) electrons. The number of rotatable bonds is 2. The Morgan fingerprint density at radius 3 is 2.94 bits per heavy atom. The van der Waals surface area contributed by atoms with E-state index in [4.69, 9.17) is 0 Å². The van der Waals surface area contributed by atoms with Gasteiger partial charge < -0.3 is 14.8 Å². The zero-order chi connectivity index (χ0) is 13.3. The summed E-state index contributed by atoms with van der Waals surface area (Å²) in [7, 11) is 1.11. The van der Waals surface area contributed by atoms with Gasteiger partial charge in [0.05, 0.1) is 0 Å². The Labute approximate surface area is 102 Å². The van der Waals surface area contributed by atoms with Crippen molar-refractivity contribution in [3.63, 3.8) is 0 Å². The van der Waals surface area contributed by atoms with E-state index >= 15 is 0 Å². The van der Waals surface area contributed by atoms with Crippen LogP contribution in [-0.4, -0.2) is 46.7 Å². The van der Waals surface area contributed by atoms with Crippen LogP contribution in [0.25, 0.3) is 0 Å². The molecule has 0 spiro atoms. The molecule has 1 amide bonds. The first-order valence-corrected chi connectivity index (χ1v) is 5.50. The quantitative estimate of drug-likeness (QED) is 0.874. The van der Waals surface area contributed by atoms with Gasteiger partial charge in [-0.25, -0.2) is 4.98 Å². The zero-order valence-corrected chi connectivity index (χ0v) is 9.79. The topological polar surface area (TPSA) is 50.2 Å². The van der Waals surface area contributed by atoms with Gasteiger partial charge in [0.25, 0.3) is 5.91 Å². The molecule has 1 aliphatic heterocycles. The smallest absolute Gasteiger partial charge is 0.356 e. The lowest BCUT2D eigenvalue weighted by molar-refractivity contribution is -0.138. The van der Waals surface area contributed by atoms with Gasteiger partial charge >= 0.3 is 6.18 Å². The molecule has 0 aromatic carbocycles. The van der Waals surface area contributed by atoms with Gasteiger partial charge in [0, 0.05) is 26.3 Å². The average Bonchev–Trinajstić information content (AvgIpc) is 2.68. The lowest BCUT2D eigenvalue weighted by Gasteiger charge is -2.17. The minimum atomic E-state index is -4.40. The monoisotopic (exact) mass is 262 g/mol. The summed E-state index contributed by atoms with van der Waals surface area (Å²) in [6.07, 6.45) is -2.02. The third kappa shape index (κ3) is 2.74. The largest absolute Gasteiger partial charge is 0.406 e. The van der Waals surface area contributed by atoms with E-state index in [1.54, 1.807) is 4.57 Å². The molecule has 1 aromatic heterocycles. The van der Waals surface area contributed by atoms with Crippen LogP contribution in [0.2, 0.25) is 0 Å². The van der Waals surface area contributed by atoms with Crippen molar-refractivity contribution in [2.75, 3.05) is 25.5 Å². The maximum absolute atomic E-state index is 12.2. The lowest BCUT2D eigenvalue weighted by atomic mass is 10.3. The summed E-state index contributed by atoms with van der Waals surface area (Å²) >= 11 is 0. The Morgan fingerprint density at radius 2 is 2.33 bits per heavy atom. The molecule has 0 atom stereocenters. The first-order chi connectivity index (χ1) is 8.37. The summed E-state index contributed by atoms with van der Waals surface area (Å²) in [5.41, 5.74) is 0.0335. The second-order valence-electron chi connectivity index (χ2n) is 4.20. The highest BCUT2D eigenvalue weighted by atomic mass is 19.4. The summed E-state index contributed by atoms with van der Waals surface area (Å²) in [4.78, 5) is 16.4. The maximum atomic E-state index is 12.2. The van der Waals surface area contributed by atoms with Gasteiger partial charge in [-0.2, -0.15) is 13.2 Å². The molecule has 0 saturated carbocycles. The number of alkyl halides is 3. The lowest BCUT2D eigenvalue weighted by Crippen LogP contribution is -2.36. The molecule has 0 aliphatic carbocycles. The first kappa shape index (κ1) is 12.7. The van der Waals surface area contributed by atoms with Crippen molar-refractivity contribution in [1.29, 1.82) is 0 Å². The predicted molar refractivity (Wildman–Crippen MR) is 58.3 cm³/mol. The number of nitrogens with one attached hydrogen (secondary N) is 1. The van der Waals surface area contributed by atoms with E-state index < -0.39 is 18.6 Å². The van der Waals surface area contributed by atoms with Crippen LogP contribution < -0.4 is 5.32 Å². The van der Waals surface area contributed by atoms with E-state index in [0.29, 0.717) is 17.4 Å². The summed E-state index contributed by atoms with van der Waals surface area (Å²) in [5.74, 6) is -0.193. The number of aromatic nitrogens is 2. The van der Waals surface area contributed by atoms with E-state index in [9.17, 15) is 18.0 Å². The van der Waals surface area contributed by atoms with Gasteiger partial charge in [-0.3, -0.25) is 4.79 Å². The van der Waals surface area contributed by atoms with Gasteiger partial charge in [-0.1, -0.05) is 0 Å². The van der Waals surface area contributed by atoms with Gasteiger partial charge in [0.1, 0.15) is 12.2 Å². The molecule has 0 saturated heterocycles. The van der Waals surface area contributed by atoms with Crippen LogP contribution in [0, 0.1) is 0 Å². The molecule has 1 aromatic rings. The van der Waals surface area contributed by atoms with Crippen molar-refractivity contribution in [3.05, 3.63) is 11.9 Å². The molecule has 1 N–H and O–H groups in total. The van der Waals surface area contributed by atoms with Gasteiger partial charge in [0.15, 0.2) is 0 Å². The number of nitrogens with zero attached hydrogens (tertiary/aromatic N) is 3. The molecule has 0 unspecified atom stereocenters. The average molecular weight is 262 g/mol. The van der Waals surface area contributed by atoms with E-state index in [1.807, 2.05) is 0 Å².